The van der Waals surface area contributed by atoms with Gasteiger partial charge in [-0.1, -0.05) is 36.4 Å². The Morgan fingerprint density at radius 2 is 1.50 bits per heavy atom. The van der Waals surface area contributed by atoms with Gasteiger partial charge in [0.25, 0.3) is 0 Å². The molecule has 3 nitrogen and oxygen atoms in total. The molecule has 0 radical (unpaired) electrons. The summed E-state index contributed by atoms with van der Waals surface area (Å²) in [7, 11) is 0. The number of rotatable bonds is 1. The maximum atomic E-state index is 10.3. The van der Waals surface area contributed by atoms with Gasteiger partial charge in [-0.25, -0.2) is 0 Å². The predicted octanol–water partition coefficient (Wildman–Crippen LogP) is 2.50. The Balaban J connectivity index is 2.06. The van der Waals surface area contributed by atoms with Crippen LogP contribution in [0.4, 0.5) is 5.69 Å². The highest BCUT2D eigenvalue weighted by molar-refractivity contribution is 5.56. The standard InChI is InChI=1S/C15H15NO2/c1-10-5-4-6-11(9-10)16-14(17)12-7-2-3-8-13(12)15(16)18/h2-9,14-15,17-18H,1H3. The van der Waals surface area contributed by atoms with E-state index in [-0.39, 0.29) is 0 Å². The zero-order chi connectivity index (χ0) is 12.7. The number of hydrogen-bond donors (Lipinski definition) is 2. The van der Waals surface area contributed by atoms with Crippen LogP contribution in [0.3, 0.4) is 0 Å². The number of anilines is 1. The molecule has 1 heterocycles. The van der Waals surface area contributed by atoms with Crippen molar-refractivity contribution in [2.75, 3.05) is 4.90 Å². The summed E-state index contributed by atoms with van der Waals surface area (Å²) in [6.45, 7) is 1.99. The normalized spacial score (nSPS) is 22.1. The minimum absolute atomic E-state index is 0.770. The number of aryl methyl sites for hydroxylation is 1. The van der Waals surface area contributed by atoms with Crippen molar-refractivity contribution >= 4 is 5.69 Å². The van der Waals surface area contributed by atoms with E-state index in [1.54, 1.807) is 4.90 Å². The molecule has 0 bridgehead atoms. The summed E-state index contributed by atoms with van der Waals surface area (Å²) in [4.78, 5) is 1.62. The van der Waals surface area contributed by atoms with Crippen molar-refractivity contribution in [1.29, 1.82) is 0 Å². The summed E-state index contributed by atoms with van der Waals surface area (Å²) in [5.74, 6) is 0. The Morgan fingerprint density at radius 3 is 2.06 bits per heavy atom. The summed E-state index contributed by atoms with van der Waals surface area (Å²) in [6.07, 6.45) is -1.59. The molecule has 92 valence electrons. The minimum Gasteiger partial charge on any atom is -0.369 e. The Labute approximate surface area is 106 Å². The molecule has 2 aromatic rings. The van der Waals surface area contributed by atoms with Gasteiger partial charge in [0.1, 0.15) is 0 Å². The number of hydrogen-bond acceptors (Lipinski definition) is 3. The zero-order valence-corrected chi connectivity index (χ0v) is 10.1. The largest absolute Gasteiger partial charge is 0.369 e. The van der Waals surface area contributed by atoms with Crippen LogP contribution in [0.2, 0.25) is 0 Å². The summed E-state index contributed by atoms with van der Waals surface area (Å²) < 4.78 is 0. The third kappa shape index (κ3) is 1.60. The number of benzene rings is 2. The van der Waals surface area contributed by atoms with E-state index in [1.807, 2.05) is 55.5 Å². The highest BCUT2D eigenvalue weighted by Gasteiger charge is 2.35. The molecule has 3 rings (SSSR count). The molecule has 0 fully saturated rings. The molecule has 2 atom stereocenters. The molecule has 0 amide bonds. The van der Waals surface area contributed by atoms with Gasteiger partial charge in [0, 0.05) is 16.8 Å². The van der Waals surface area contributed by atoms with E-state index in [0.717, 1.165) is 22.4 Å². The van der Waals surface area contributed by atoms with Gasteiger partial charge in [-0.2, -0.15) is 0 Å². The fourth-order valence-electron chi connectivity index (χ4n) is 2.49. The van der Waals surface area contributed by atoms with Crippen molar-refractivity contribution in [1.82, 2.24) is 0 Å². The Kier molecular flexibility index (Phi) is 2.58. The average molecular weight is 241 g/mol. The lowest BCUT2D eigenvalue weighted by atomic mass is 10.1. The molecular weight excluding hydrogens is 226 g/mol. The highest BCUT2D eigenvalue weighted by atomic mass is 16.3. The van der Waals surface area contributed by atoms with Gasteiger partial charge >= 0.3 is 0 Å². The molecule has 0 aliphatic carbocycles. The highest BCUT2D eigenvalue weighted by Crippen LogP contribution is 2.42. The molecule has 3 heteroatoms. The van der Waals surface area contributed by atoms with Gasteiger partial charge in [0.05, 0.1) is 0 Å². The van der Waals surface area contributed by atoms with Crippen LogP contribution in [0, 0.1) is 6.92 Å². The Hall–Kier alpha value is -1.84. The van der Waals surface area contributed by atoms with E-state index in [2.05, 4.69) is 0 Å². The molecule has 0 saturated heterocycles. The molecule has 2 N–H and O–H groups in total. The molecule has 0 aromatic heterocycles. The molecule has 2 aromatic carbocycles. The van der Waals surface area contributed by atoms with Gasteiger partial charge in [-0.3, -0.25) is 0 Å². The quantitative estimate of drug-likeness (QED) is 0.806. The number of nitrogens with zero attached hydrogens (tertiary/aromatic N) is 1. The van der Waals surface area contributed by atoms with Crippen LogP contribution in [0.15, 0.2) is 48.5 Å². The zero-order valence-electron chi connectivity index (χ0n) is 10.1. The first-order chi connectivity index (χ1) is 8.68. The predicted molar refractivity (Wildman–Crippen MR) is 70.0 cm³/mol. The van der Waals surface area contributed by atoms with Crippen molar-refractivity contribution in [3.05, 3.63) is 65.2 Å². The first-order valence-corrected chi connectivity index (χ1v) is 5.98. The fraction of sp³-hybridized carbons (Fsp3) is 0.200. The van der Waals surface area contributed by atoms with Crippen LogP contribution in [0.25, 0.3) is 0 Å². The van der Waals surface area contributed by atoms with Crippen molar-refractivity contribution < 1.29 is 10.2 Å². The average Bonchev–Trinajstić information content (AvgIpc) is 2.63. The third-order valence-electron chi connectivity index (χ3n) is 3.38. The van der Waals surface area contributed by atoms with Crippen LogP contribution in [-0.2, 0) is 0 Å². The second-order valence-electron chi connectivity index (χ2n) is 4.62. The van der Waals surface area contributed by atoms with Gasteiger partial charge in [-0.15, -0.1) is 0 Å². The van der Waals surface area contributed by atoms with Crippen molar-refractivity contribution in [3.63, 3.8) is 0 Å². The van der Waals surface area contributed by atoms with E-state index in [0.29, 0.717) is 0 Å². The van der Waals surface area contributed by atoms with Crippen LogP contribution in [0.5, 0.6) is 0 Å². The lowest BCUT2D eigenvalue weighted by Gasteiger charge is -2.27. The Morgan fingerprint density at radius 1 is 0.889 bits per heavy atom. The van der Waals surface area contributed by atoms with E-state index < -0.39 is 12.5 Å². The number of fused-ring (bicyclic) bond motifs is 1. The van der Waals surface area contributed by atoms with Gasteiger partial charge < -0.3 is 15.1 Å². The molecule has 2 unspecified atom stereocenters. The smallest absolute Gasteiger partial charge is 0.155 e. The van der Waals surface area contributed by atoms with Gasteiger partial charge in [0.2, 0.25) is 0 Å². The molecule has 0 spiro atoms. The first-order valence-electron chi connectivity index (χ1n) is 5.98. The summed E-state index contributed by atoms with van der Waals surface area (Å²) in [6, 6.07) is 15.2. The van der Waals surface area contributed by atoms with E-state index in [9.17, 15) is 10.2 Å². The monoisotopic (exact) mass is 241 g/mol. The molecule has 18 heavy (non-hydrogen) atoms. The van der Waals surface area contributed by atoms with Crippen LogP contribution < -0.4 is 4.90 Å². The third-order valence-corrected chi connectivity index (χ3v) is 3.38. The maximum absolute atomic E-state index is 10.3. The first kappa shape index (κ1) is 11.3. The lowest BCUT2D eigenvalue weighted by molar-refractivity contribution is 0.110. The van der Waals surface area contributed by atoms with E-state index >= 15 is 0 Å². The number of aliphatic hydroxyl groups excluding tert-OH is 2. The lowest BCUT2D eigenvalue weighted by Crippen LogP contribution is -2.25. The second kappa shape index (κ2) is 4.12. The fourth-order valence-corrected chi connectivity index (χ4v) is 2.49. The van der Waals surface area contributed by atoms with Crippen molar-refractivity contribution in [3.8, 4) is 0 Å². The maximum Gasteiger partial charge on any atom is 0.155 e. The summed E-state index contributed by atoms with van der Waals surface area (Å²) >= 11 is 0. The summed E-state index contributed by atoms with van der Waals surface area (Å²) in [5, 5.41) is 20.6. The molecule has 0 saturated carbocycles. The molecule has 1 aliphatic heterocycles. The van der Waals surface area contributed by atoms with Crippen LogP contribution in [0.1, 0.15) is 29.1 Å². The van der Waals surface area contributed by atoms with Crippen LogP contribution in [-0.4, -0.2) is 10.2 Å². The van der Waals surface area contributed by atoms with Crippen molar-refractivity contribution in [2.45, 2.75) is 19.4 Å². The summed E-state index contributed by atoms with van der Waals surface area (Å²) in [5.41, 5.74) is 3.46. The van der Waals surface area contributed by atoms with Crippen molar-refractivity contribution in [2.24, 2.45) is 0 Å². The van der Waals surface area contributed by atoms with Gasteiger partial charge in [0.15, 0.2) is 12.5 Å². The number of aliphatic hydroxyl groups is 2. The van der Waals surface area contributed by atoms with Crippen LogP contribution >= 0.6 is 0 Å². The SMILES string of the molecule is Cc1cccc(N2C(O)c3ccccc3C2O)c1. The minimum atomic E-state index is -0.794. The second-order valence-corrected chi connectivity index (χ2v) is 4.62. The van der Waals surface area contributed by atoms with Gasteiger partial charge in [-0.05, 0) is 24.6 Å². The van der Waals surface area contributed by atoms with E-state index in [4.69, 9.17) is 0 Å². The van der Waals surface area contributed by atoms with E-state index in [1.165, 1.54) is 0 Å². The topological polar surface area (TPSA) is 43.7 Å². The molecule has 1 aliphatic rings. The Bertz CT molecular complexity index is 553. The molecular formula is C15H15NO2.